The molecule has 2 aromatic carbocycles. The van der Waals surface area contributed by atoms with E-state index >= 15 is 0 Å². The van der Waals surface area contributed by atoms with E-state index in [4.69, 9.17) is 9.84 Å². The van der Waals surface area contributed by atoms with Crippen molar-refractivity contribution in [2.45, 2.75) is 19.7 Å². The van der Waals surface area contributed by atoms with Gasteiger partial charge in [-0.15, -0.1) is 0 Å². The van der Waals surface area contributed by atoms with Gasteiger partial charge in [0.2, 0.25) is 0 Å². The summed E-state index contributed by atoms with van der Waals surface area (Å²) in [4.78, 5) is 11.9. The third-order valence-electron chi connectivity index (χ3n) is 3.31. The van der Waals surface area contributed by atoms with E-state index in [0.717, 1.165) is 29.8 Å². The van der Waals surface area contributed by atoms with Crippen LogP contribution in [0.3, 0.4) is 0 Å². The maximum absolute atomic E-state index is 12.5. The van der Waals surface area contributed by atoms with Crippen LogP contribution in [0, 0.1) is 6.92 Å². The van der Waals surface area contributed by atoms with Crippen LogP contribution < -0.4 is 10.1 Å². The van der Waals surface area contributed by atoms with Gasteiger partial charge in [0.15, 0.2) is 6.61 Å². The number of alkyl halides is 3. The molecule has 0 atom stereocenters. The number of amides is 1. The number of halogens is 3. The van der Waals surface area contributed by atoms with Crippen molar-refractivity contribution in [2.24, 2.45) is 0 Å². The van der Waals surface area contributed by atoms with Gasteiger partial charge in [0.1, 0.15) is 5.75 Å². The van der Waals surface area contributed by atoms with Crippen LogP contribution in [0.4, 0.5) is 18.9 Å². The van der Waals surface area contributed by atoms with Crippen molar-refractivity contribution in [3.05, 3.63) is 59.2 Å². The monoisotopic (exact) mass is 339 g/mol. The lowest BCUT2D eigenvalue weighted by Crippen LogP contribution is -2.20. The number of carbonyl (C=O) groups is 1. The molecule has 0 spiro atoms. The van der Waals surface area contributed by atoms with Gasteiger partial charge in [0.05, 0.1) is 12.2 Å². The number of hydrogen-bond acceptors (Lipinski definition) is 3. The topological polar surface area (TPSA) is 58.6 Å². The summed E-state index contributed by atoms with van der Waals surface area (Å²) < 4.78 is 42.5. The zero-order valence-corrected chi connectivity index (χ0v) is 12.9. The molecule has 0 heterocycles. The minimum Gasteiger partial charge on any atom is -0.484 e. The summed E-state index contributed by atoms with van der Waals surface area (Å²) in [6.07, 6.45) is -4.41. The van der Waals surface area contributed by atoms with Gasteiger partial charge in [-0.05, 0) is 48.4 Å². The summed E-state index contributed by atoms with van der Waals surface area (Å²) in [5.41, 5.74) is 1.23. The van der Waals surface area contributed by atoms with Crippen LogP contribution in [0.5, 0.6) is 5.75 Å². The first-order valence-electron chi connectivity index (χ1n) is 7.10. The third kappa shape index (κ3) is 4.73. The van der Waals surface area contributed by atoms with Gasteiger partial charge >= 0.3 is 6.18 Å². The molecule has 0 bridgehead atoms. The molecule has 2 rings (SSSR count). The normalized spacial score (nSPS) is 11.2. The van der Waals surface area contributed by atoms with Crippen LogP contribution in [0.25, 0.3) is 0 Å². The van der Waals surface area contributed by atoms with Crippen LogP contribution in [0.15, 0.2) is 42.5 Å². The summed E-state index contributed by atoms with van der Waals surface area (Å²) in [6.45, 7) is 1.31. The first kappa shape index (κ1) is 17.8. The summed E-state index contributed by atoms with van der Waals surface area (Å²) in [5, 5.41) is 11.7. The van der Waals surface area contributed by atoms with Gasteiger partial charge in [0, 0.05) is 5.69 Å². The SMILES string of the molecule is Cc1ccc(CO)cc1NC(=O)COc1ccc(C(F)(F)F)cc1. The van der Waals surface area contributed by atoms with Crippen LogP contribution in [0.2, 0.25) is 0 Å². The Balaban J connectivity index is 1.94. The second-order valence-corrected chi connectivity index (χ2v) is 5.17. The number of aliphatic hydroxyl groups is 1. The summed E-state index contributed by atoms with van der Waals surface area (Å²) in [7, 11) is 0. The van der Waals surface area contributed by atoms with Crippen LogP contribution in [-0.4, -0.2) is 17.6 Å². The highest BCUT2D eigenvalue weighted by Crippen LogP contribution is 2.30. The van der Waals surface area contributed by atoms with E-state index in [0.29, 0.717) is 11.3 Å². The molecule has 0 radical (unpaired) electrons. The molecule has 24 heavy (non-hydrogen) atoms. The fourth-order valence-corrected chi connectivity index (χ4v) is 1.98. The van der Waals surface area contributed by atoms with E-state index in [1.807, 2.05) is 0 Å². The number of ether oxygens (including phenoxy) is 1. The molecule has 0 aromatic heterocycles. The predicted octanol–water partition coefficient (Wildman–Crippen LogP) is 3.52. The fraction of sp³-hybridized carbons (Fsp3) is 0.235. The smallest absolute Gasteiger partial charge is 0.416 e. The van der Waals surface area contributed by atoms with Crippen LogP contribution >= 0.6 is 0 Å². The highest BCUT2D eigenvalue weighted by Gasteiger charge is 2.30. The Hall–Kier alpha value is -2.54. The lowest BCUT2D eigenvalue weighted by molar-refractivity contribution is -0.137. The van der Waals surface area contributed by atoms with Crippen LogP contribution in [-0.2, 0) is 17.6 Å². The summed E-state index contributed by atoms with van der Waals surface area (Å²) >= 11 is 0. The molecule has 0 saturated carbocycles. The molecule has 4 nitrogen and oxygen atoms in total. The minimum absolute atomic E-state index is 0.148. The van der Waals surface area contributed by atoms with Gasteiger partial charge in [-0.2, -0.15) is 13.2 Å². The largest absolute Gasteiger partial charge is 0.484 e. The second kappa shape index (κ2) is 7.35. The highest BCUT2D eigenvalue weighted by molar-refractivity contribution is 5.92. The van der Waals surface area contributed by atoms with E-state index in [2.05, 4.69) is 5.32 Å². The van der Waals surface area contributed by atoms with Gasteiger partial charge in [0.25, 0.3) is 5.91 Å². The zero-order valence-electron chi connectivity index (χ0n) is 12.9. The van der Waals surface area contributed by atoms with E-state index in [1.165, 1.54) is 0 Å². The average Bonchev–Trinajstić information content (AvgIpc) is 2.54. The van der Waals surface area contributed by atoms with Crippen molar-refractivity contribution in [3.63, 3.8) is 0 Å². The molecular formula is C17H16F3NO3. The summed E-state index contributed by atoms with van der Waals surface area (Å²) in [5.74, 6) is -0.285. The van der Waals surface area contributed by atoms with Crippen molar-refractivity contribution < 1.29 is 27.8 Å². The van der Waals surface area contributed by atoms with E-state index in [-0.39, 0.29) is 19.0 Å². The summed E-state index contributed by atoms with van der Waals surface area (Å²) in [6, 6.07) is 9.25. The Morgan fingerprint density at radius 2 is 1.83 bits per heavy atom. The molecule has 0 unspecified atom stereocenters. The lowest BCUT2D eigenvalue weighted by atomic mass is 10.1. The molecule has 0 saturated heterocycles. The van der Waals surface area contributed by atoms with Gasteiger partial charge < -0.3 is 15.2 Å². The molecule has 2 N–H and O–H groups in total. The predicted molar refractivity (Wildman–Crippen MR) is 82.7 cm³/mol. The van der Waals surface area contributed by atoms with E-state index in [9.17, 15) is 18.0 Å². The Kier molecular flexibility index (Phi) is 5.46. The lowest BCUT2D eigenvalue weighted by Gasteiger charge is -2.11. The molecule has 0 aliphatic heterocycles. The minimum atomic E-state index is -4.41. The average molecular weight is 339 g/mol. The third-order valence-corrected chi connectivity index (χ3v) is 3.31. The quantitative estimate of drug-likeness (QED) is 0.876. The number of benzene rings is 2. The molecule has 0 aliphatic carbocycles. The molecule has 128 valence electrons. The fourth-order valence-electron chi connectivity index (χ4n) is 1.98. The van der Waals surface area contributed by atoms with Crippen molar-refractivity contribution in [1.29, 1.82) is 0 Å². The maximum atomic E-state index is 12.5. The molecule has 0 aliphatic rings. The van der Waals surface area contributed by atoms with E-state index < -0.39 is 17.6 Å². The Bertz CT molecular complexity index is 712. The number of rotatable bonds is 5. The molecular weight excluding hydrogens is 323 g/mol. The van der Waals surface area contributed by atoms with Gasteiger partial charge in [-0.25, -0.2) is 0 Å². The Morgan fingerprint density at radius 3 is 2.42 bits per heavy atom. The van der Waals surface area contributed by atoms with Crippen molar-refractivity contribution >= 4 is 11.6 Å². The second-order valence-electron chi connectivity index (χ2n) is 5.17. The first-order valence-corrected chi connectivity index (χ1v) is 7.10. The number of anilines is 1. The van der Waals surface area contributed by atoms with Crippen molar-refractivity contribution in [2.75, 3.05) is 11.9 Å². The van der Waals surface area contributed by atoms with Gasteiger partial charge in [-0.1, -0.05) is 12.1 Å². The number of aryl methyl sites for hydroxylation is 1. The maximum Gasteiger partial charge on any atom is 0.416 e. The number of nitrogens with one attached hydrogen (secondary N) is 1. The standard InChI is InChI=1S/C17H16F3NO3/c1-11-2-3-12(9-22)8-15(11)21-16(23)10-24-14-6-4-13(5-7-14)17(18,19)20/h2-8,22H,9-10H2,1H3,(H,21,23). The molecule has 2 aromatic rings. The van der Waals surface area contributed by atoms with Crippen molar-refractivity contribution in [1.82, 2.24) is 0 Å². The Labute approximate surface area is 136 Å². The van der Waals surface area contributed by atoms with E-state index in [1.54, 1.807) is 25.1 Å². The molecule has 1 amide bonds. The number of hydrogen-bond donors (Lipinski definition) is 2. The number of carbonyl (C=O) groups excluding carboxylic acids is 1. The Morgan fingerprint density at radius 1 is 1.17 bits per heavy atom. The first-order chi connectivity index (χ1) is 11.3. The van der Waals surface area contributed by atoms with Gasteiger partial charge in [-0.3, -0.25) is 4.79 Å². The van der Waals surface area contributed by atoms with Crippen LogP contribution in [0.1, 0.15) is 16.7 Å². The molecule has 7 heteroatoms. The number of aliphatic hydroxyl groups excluding tert-OH is 1. The highest BCUT2D eigenvalue weighted by atomic mass is 19.4. The van der Waals surface area contributed by atoms with Crippen molar-refractivity contribution in [3.8, 4) is 5.75 Å². The molecule has 0 fully saturated rings. The zero-order chi connectivity index (χ0) is 17.7.